The van der Waals surface area contributed by atoms with Crippen LogP contribution in [-0.2, 0) is 0 Å². The predicted molar refractivity (Wildman–Crippen MR) is 37.4 cm³/mol. The summed E-state index contributed by atoms with van der Waals surface area (Å²) in [5.74, 6) is 0. The van der Waals surface area contributed by atoms with Crippen molar-refractivity contribution in [3.63, 3.8) is 0 Å². The van der Waals surface area contributed by atoms with E-state index in [-0.39, 0.29) is 5.11 Å². The topological polar surface area (TPSA) is 67.2 Å². The lowest BCUT2D eigenvalue weighted by atomic mass is 11.2. The molecule has 46 valence electrons. The van der Waals surface area contributed by atoms with Gasteiger partial charge in [-0.1, -0.05) is 12.6 Å². The van der Waals surface area contributed by atoms with E-state index in [0.29, 0.717) is 0 Å². The number of amides is 1. The van der Waals surface area contributed by atoms with Crippen molar-refractivity contribution in [1.29, 1.82) is 0 Å². The van der Waals surface area contributed by atoms with Gasteiger partial charge in [0.25, 0.3) is 5.24 Å². The molecule has 0 bridgehead atoms. The van der Waals surface area contributed by atoms with Gasteiger partial charge in [-0.2, -0.15) is 0 Å². The molecule has 0 aliphatic heterocycles. The molecular weight excluding hydrogens is 146 g/mol. The Morgan fingerprint density at radius 2 is 2.12 bits per heavy atom. The van der Waals surface area contributed by atoms with Crippen LogP contribution in [0.3, 0.4) is 0 Å². The van der Waals surface area contributed by atoms with E-state index in [4.69, 9.17) is 5.73 Å². The lowest BCUT2D eigenvalue weighted by Crippen LogP contribution is -2.42. The summed E-state index contributed by atoms with van der Waals surface area (Å²) in [6.07, 6.45) is 0. The number of rotatable bonds is 0. The van der Waals surface area contributed by atoms with E-state index < -0.39 is 5.24 Å². The van der Waals surface area contributed by atoms with Crippen LogP contribution in [0.5, 0.6) is 0 Å². The summed E-state index contributed by atoms with van der Waals surface area (Å²) >= 11 is 7.68. The Bertz CT molecular complexity index is 99.9. The molecule has 8 heavy (non-hydrogen) atoms. The minimum absolute atomic E-state index is 0.00685. The van der Waals surface area contributed by atoms with Crippen molar-refractivity contribution in [1.82, 2.24) is 10.9 Å². The van der Waals surface area contributed by atoms with Crippen LogP contribution in [0, 0.1) is 0 Å². The highest BCUT2D eigenvalue weighted by molar-refractivity contribution is 7.96. The van der Waals surface area contributed by atoms with Crippen molar-refractivity contribution < 1.29 is 4.79 Å². The van der Waals surface area contributed by atoms with E-state index in [9.17, 15) is 4.79 Å². The van der Waals surface area contributed by atoms with Gasteiger partial charge in [-0.25, -0.2) is 0 Å². The quantitative estimate of drug-likeness (QED) is 0.211. The van der Waals surface area contributed by atoms with Crippen LogP contribution in [0.2, 0.25) is 0 Å². The third-order valence-corrected chi connectivity index (χ3v) is 0.506. The van der Waals surface area contributed by atoms with Gasteiger partial charge in [-0.3, -0.25) is 15.6 Å². The maximum Gasteiger partial charge on any atom is 0.294 e. The molecule has 0 aliphatic rings. The van der Waals surface area contributed by atoms with Gasteiger partial charge in [0.05, 0.1) is 0 Å². The van der Waals surface area contributed by atoms with Crippen molar-refractivity contribution in [2.24, 2.45) is 5.73 Å². The summed E-state index contributed by atoms with van der Waals surface area (Å²) in [6.45, 7) is 0. The van der Waals surface area contributed by atoms with Crippen molar-refractivity contribution in [3.8, 4) is 0 Å². The molecule has 0 aromatic heterocycles. The Hall–Kier alpha value is -0.490. The molecule has 0 fully saturated rings. The van der Waals surface area contributed by atoms with E-state index in [1.54, 1.807) is 0 Å². The second kappa shape index (κ2) is 3.50. The molecule has 1 amide bonds. The number of thiocarbonyl (C=S) groups is 1. The van der Waals surface area contributed by atoms with Gasteiger partial charge in [0, 0.05) is 0 Å². The lowest BCUT2D eigenvalue weighted by molar-refractivity contribution is 0.259. The second-order valence-corrected chi connectivity index (χ2v) is 1.77. The fraction of sp³-hybridized carbons (Fsp3) is 0. The van der Waals surface area contributed by atoms with Crippen LogP contribution in [0.1, 0.15) is 0 Å². The molecule has 0 aromatic rings. The van der Waals surface area contributed by atoms with Crippen LogP contribution in [0.4, 0.5) is 4.79 Å². The van der Waals surface area contributed by atoms with Gasteiger partial charge in [0.2, 0.25) is 0 Å². The largest absolute Gasteiger partial charge is 0.375 e. The van der Waals surface area contributed by atoms with Crippen LogP contribution >= 0.6 is 24.8 Å². The Morgan fingerprint density at radius 1 is 1.62 bits per heavy atom. The molecule has 0 saturated carbocycles. The number of hydrogen-bond acceptors (Lipinski definition) is 2. The molecule has 4 nitrogen and oxygen atoms in total. The van der Waals surface area contributed by atoms with E-state index in [0.717, 1.165) is 0 Å². The van der Waals surface area contributed by atoms with Gasteiger partial charge in [-0.05, 0) is 12.2 Å². The predicted octanol–water partition coefficient (Wildman–Crippen LogP) is -0.626. The van der Waals surface area contributed by atoms with Crippen molar-refractivity contribution in [2.45, 2.75) is 0 Å². The maximum absolute atomic E-state index is 9.92. The molecule has 0 spiro atoms. The molecule has 0 unspecified atom stereocenters. The molecule has 0 atom stereocenters. The molecule has 0 saturated heterocycles. The van der Waals surface area contributed by atoms with Gasteiger partial charge in [-0.15, -0.1) is 0 Å². The smallest absolute Gasteiger partial charge is 0.294 e. The standard InChI is InChI=1S/C2H5N3OS2/c3-1(7)4-5-2(6)8/h(H3,3,4,7)(H2,5,6,8). The average Bonchev–Trinajstić information content (AvgIpc) is 1.61. The van der Waals surface area contributed by atoms with Gasteiger partial charge in [0.1, 0.15) is 0 Å². The highest BCUT2D eigenvalue weighted by Gasteiger charge is 1.87. The first-order valence-electron chi connectivity index (χ1n) is 1.67. The maximum atomic E-state index is 9.92. The summed E-state index contributed by atoms with van der Waals surface area (Å²) < 4.78 is 0. The molecule has 4 N–H and O–H groups in total. The number of hydrazine groups is 1. The monoisotopic (exact) mass is 151 g/mol. The molecule has 6 heteroatoms. The number of carbonyl (C=O) groups excluding carboxylic acids is 1. The first kappa shape index (κ1) is 7.51. The first-order chi connectivity index (χ1) is 3.63. The minimum Gasteiger partial charge on any atom is -0.375 e. The fourth-order valence-electron chi connectivity index (χ4n) is 0.115. The van der Waals surface area contributed by atoms with Crippen LogP contribution in [-0.4, -0.2) is 10.4 Å². The van der Waals surface area contributed by atoms with Gasteiger partial charge in [0.15, 0.2) is 5.11 Å². The Balaban J connectivity index is 3.18. The molecule has 0 aromatic carbocycles. The van der Waals surface area contributed by atoms with E-state index in [1.807, 2.05) is 0 Å². The van der Waals surface area contributed by atoms with Gasteiger partial charge >= 0.3 is 0 Å². The Labute approximate surface area is 57.2 Å². The molecule has 0 rings (SSSR count). The Kier molecular flexibility index (Phi) is 3.29. The number of nitrogens with two attached hydrogens (primary N) is 1. The van der Waals surface area contributed by atoms with E-state index >= 15 is 0 Å². The second-order valence-electron chi connectivity index (χ2n) is 0.919. The van der Waals surface area contributed by atoms with Crippen LogP contribution in [0.25, 0.3) is 0 Å². The summed E-state index contributed by atoms with van der Waals surface area (Å²) in [4.78, 5) is 9.92. The van der Waals surface area contributed by atoms with Crippen molar-refractivity contribution in [2.75, 3.05) is 0 Å². The first-order valence-corrected chi connectivity index (χ1v) is 2.53. The average molecular weight is 151 g/mol. The Morgan fingerprint density at radius 3 is 2.25 bits per heavy atom. The summed E-state index contributed by atoms with van der Waals surface area (Å²) in [7, 11) is 0. The summed E-state index contributed by atoms with van der Waals surface area (Å²) in [5, 5.41) is -0.523. The molecule has 0 radical (unpaired) electrons. The number of carbonyl (C=O) groups is 1. The molecule has 0 aliphatic carbocycles. The zero-order valence-electron chi connectivity index (χ0n) is 3.84. The minimum atomic E-state index is -0.530. The van der Waals surface area contributed by atoms with E-state index in [2.05, 4.69) is 35.7 Å². The van der Waals surface area contributed by atoms with Crippen LogP contribution < -0.4 is 16.6 Å². The number of nitrogens with one attached hydrogen (secondary N) is 2. The number of hydrogen-bond donors (Lipinski definition) is 4. The molecular formula is C2H5N3OS2. The van der Waals surface area contributed by atoms with Crippen molar-refractivity contribution >= 4 is 35.2 Å². The van der Waals surface area contributed by atoms with E-state index in [1.165, 1.54) is 0 Å². The summed E-state index contributed by atoms with van der Waals surface area (Å²) in [5.41, 5.74) is 9.14. The number of thiol groups is 1. The zero-order valence-corrected chi connectivity index (χ0v) is 5.55. The summed E-state index contributed by atoms with van der Waals surface area (Å²) in [6, 6.07) is 0. The lowest BCUT2D eigenvalue weighted by Gasteiger charge is -1.99. The third-order valence-electron chi connectivity index (χ3n) is 0.293. The normalized spacial score (nSPS) is 7.62. The fourth-order valence-corrected chi connectivity index (χ4v) is 0.222. The highest BCUT2D eigenvalue weighted by atomic mass is 32.1. The van der Waals surface area contributed by atoms with Crippen LogP contribution in [0.15, 0.2) is 0 Å². The van der Waals surface area contributed by atoms with Crippen molar-refractivity contribution in [3.05, 3.63) is 0 Å². The zero-order chi connectivity index (χ0) is 6.57. The SMILES string of the molecule is NC(=S)NNC(=O)S. The van der Waals surface area contributed by atoms with Gasteiger partial charge < -0.3 is 5.73 Å². The highest BCUT2D eigenvalue weighted by Crippen LogP contribution is 1.69. The molecule has 0 heterocycles. The third kappa shape index (κ3) is 5.51.